The number of ether oxygens (including phenoxy) is 2. The number of carbonyl (C=O) groups excluding carboxylic acids is 2. The average molecular weight is 341 g/mol. The molecule has 25 heavy (non-hydrogen) atoms. The minimum Gasteiger partial charge on any atom is -0.481 e. The molecule has 0 aliphatic carbocycles. The van der Waals surface area contributed by atoms with Crippen molar-refractivity contribution in [3.63, 3.8) is 0 Å². The second-order valence-corrected chi connectivity index (χ2v) is 6.03. The van der Waals surface area contributed by atoms with Gasteiger partial charge in [-0.15, -0.1) is 0 Å². The molecule has 0 radical (unpaired) electrons. The van der Waals surface area contributed by atoms with Gasteiger partial charge in [-0.1, -0.05) is 12.1 Å². The number of esters is 1. The number of carbonyl (C=O) groups is 2. The van der Waals surface area contributed by atoms with Gasteiger partial charge in [-0.25, -0.2) is 4.79 Å². The molecular formula is C20H23NO4. The Morgan fingerprint density at radius 1 is 1.08 bits per heavy atom. The van der Waals surface area contributed by atoms with Crippen LogP contribution in [0.2, 0.25) is 0 Å². The van der Waals surface area contributed by atoms with Crippen LogP contribution in [0.5, 0.6) is 5.75 Å². The zero-order chi connectivity index (χ0) is 18.6. The molecule has 2 aromatic carbocycles. The minimum atomic E-state index is -0.679. The first kappa shape index (κ1) is 18.5. The zero-order valence-corrected chi connectivity index (χ0v) is 15.2. The molecule has 0 fully saturated rings. The number of methoxy groups -OCH3 is 1. The van der Waals surface area contributed by atoms with E-state index in [0.717, 1.165) is 16.7 Å². The Labute approximate surface area is 148 Å². The summed E-state index contributed by atoms with van der Waals surface area (Å²) < 4.78 is 10.5. The minimum absolute atomic E-state index is 0.291. The van der Waals surface area contributed by atoms with Crippen LogP contribution in [0, 0.1) is 20.8 Å². The monoisotopic (exact) mass is 341 g/mol. The number of rotatable bonds is 5. The lowest BCUT2D eigenvalue weighted by molar-refractivity contribution is -0.122. The molecule has 2 aromatic rings. The molecule has 0 aliphatic heterocycles. The molecule has 132 valence electrons. The Hall–Kier alpha value is -2.82. The van der Waals surface area contributed by atoms with E-state index in [4.69, 9.17) is 4.74 Å². The topological polar surface area (TPSA) is 64.6 Å². The van der Waals surface area contributed by atoms with Crippen molar-refractivity contribution in [3.05, 3.63) is 58.7 Å². The fourth-order valence-electron chi connectivity index (χ4n) is 2.45. The molecule has 1 atom stereocenters. The highest BCUT2D eigenvalue weighted by molar-refractivity contribution is 5.96. The third kappa shape index (κ3) is 4.59. The van der Waals surface area contributed by atoms with Crippen LogP contribution in [0.25, 0.3) is 0 Å². The van der Waals surface area contributed by atoms with Gasteiger partial charge in [-0.05, 0) is 68.7 Å². The van der Waals surface area contributed by atoms with Gasteiger partial charge in [-0.3, -0.25) is 4.79 Å². The van der Waals surface area contributed by atoms with Crippen LogP contribution in [0.3, 0.4) is 0 Å². The number of aryl methyl sites for hydroxylation is 2. The molecule has 1 N–H and O–H groups in total. The van der Waals surface area contributed by atoms with E-state index in [1.807, 2.05) is 26.8 Å². The van der Waals surface area contributed by atoms with Crippen molar-refractivity contribution in [2.24, 2.45) is 0 Å². The number of hydrogen-bond donors (Lipinski definition) is 1. The maximum Gasteiger partial charge on any atom is 0.337 e. The highest BCUT2D eigenvalue weighted by Crippen LogP contribution is 2.24. The fourth-order valence-corrected chi connectivity index (χ4v) is 2.45. The van der Waals surface area contributed by atoms with Gasteiger partial charge >= 0.3 is 5.97 Å². The summed E-state index contributed by atoms with van der Waals surface area (Å²) in [7, 11) is 1.32. The number of amides is 1. The van der Waals surface area contributed by atoms with Gasteiger partial charge in [0.15, 0.2) is 6.10 Å². The Morgan fingerprint density at radius 2 is 1.80 bits per heavy atom. The van der Waals surface area contributed by atoms with Gasteiger partial charge in [0, 0.05) is 5.69 Å². The van der Waals surface area contributed by atoms with Crippen LogP contribution >= 0.6 is 0 Å². The summed E-state index contributed by atoms with van der Waals surface area (Å²) in [6, 6.07) is 10.6. The molecule has 0 aliphatic rings. The molecule has 0 saturated heterocycles. The average Bonchev–Trinajstić information content (AvgIpc) is 2.58. The fraction of sp³-hybridized carbons (Fsp3) is 0.300. The highest BCUT2D eigenvalue weighted by atomic mass is 16.5. The lowest BCUT2D eigenvalue weighted by Gasteiger charge is -2.18. The third-order valence-electron chi connectivity index (χ3n) is 3.99. The Bertz CT molecular complexity index is 798. The molecule has 0 bridgehead atoms. The summed E-state index contributed by atoms with van der Waals surface area (Å²) in [5.74, 6) is -0.0460. The predicted molar refractivity (Wildman–Crippen MR) is 97.2 cm³/mol. The van der Waals surface area contributed by atoms with Gasteiger partial charge in [-0.2, -0.15) is 0 Å². The van der Waals surface area contributed by atoms with Crippen molar-refractivity contribution in [2.75, 3.05) is 12.4 Å². The van der Waals surface area contributed by atoms with Crippen LogP contribution in [-0.2, 0) is 9.53 Å². The van der Waals surface area contributed by atoms with E-state index in [0.29, 0.717) is 17.0 Å². The molecule has 5 nitrogen and oxygen atoms in total. The largest absolute Gasteiger partial charge is 0.481 e. The van der Waals surface area contributed by atoms with Gasteiger partial charge in [0.25, 0.3) is 5.91 Å². The van der Waals surface area contributed by atoms with E-state index in [2.05, 4.69) is 16.1 Å². The zero-order valence-electron chi connectivity index (χ0n) is 15.2. The van der Waals surface area contributed by atoms with Gasteiger partial charge < -0.3 is 14.8 Å². The lowest BCUT2D eigenvalue weighted by Crippen LogP contribution is -2.30. The van der Waals surface area contributed by atoms with Crippen molar-refractivity contribution in [3.8, 4) is 5.75 Å². The van der Waals surface area contributed by atoms with Crippen molar-refractivity contribution in [2.45, 2.75) is 33.8 Å². The first-order valence-electron chi connectivity index (χ1n) is 8.05. The quantitative estimate of drug-likeness (QED) is 0.840. The first-order chi connectivity index (χ1) is 11.8. The SMILES string of the molecule is COC(=O)c1cccc(NC(=O)[C@H](C)Oc2cc(C)cc(C)c2C)c1. The molecule has 5 heteroatoms. The molecule has 2 rings (SSSR count). The second-order valence-electron chi connectivity index (χ2n) is 6.03. The molecule has 0 heterocycles. The molecular weight excluding hydrogens is 318 g/mol. The van der Waals surface area contributed by atoms with E-state index < -0.39 is 12.1 Å². The number of benzene rings is 2. The molecule has 0 unspecified atom stereocenters. The Kier molecular flexibility index (Phi) is 5.80. The highest BCUT2D eigenvalue weighted by Gasteiger charge is 2.17. The van der Waals surface area contributed by atoms with Gasteiger partial charge in [0.1, 0.15) is 5.75 Å². The predicted octanol–water partition coefficient (Wildman–Crippen LogP) is 3.80. The van der Waals surface area contributed by atoms with Crippen LogP contribution in [0.4, 0.5) is 5.69 Å². The number of anilines is 1. The van der Waals surface area contributed by atoms with Crippen molar-refractivity contribution < 1.29 is 19.1 Å². The van der Waals surface area contributed by atoms with E-state index >= 15 is 0 Å². The lowest BCUT2D eigenvalue weighted by atomic mass is 10.1. The molecule has 1 amide bonds. The van der Waals surface area contributed by atoms with E-state index in [9.17, 15) is 9.59 Å². The van der Waals surface area contributed by atoms with Gasteiger partial charge in [0.05, 0.1) is 12.7 Å². The number of nitrogens with one attached hydrogen (secondary N) is 1. The van der Waals surface area contributed by atoms with Crippen LogP contribution in [0.1, 0.15) is 34.0 Å². The summed E-state index contributed by atoms with van der Waals surface area (Å²) in [6.07, 6.45) is -0.679. The smallest absolute Gasteiger partial charge is 0.337 e. The van der Waals surface area contributed by atoms with Crippen molar-refractivity contribution >= 4 is 17.6 Å². The van der Waals surface area contributed by atoms with E-state index in [1.54, 1.807) is 31.2 Å². The Morgan fingerprint density at radius 3 is 2.48 bits per heavy atom. The molecule has 0 saturated carbocycles. The van der Waals surface area contributed by atoms with Crippen LogP contribution in [0.15, 0.2) is 36.4 Å². The summed E-state index contributed by atoms with van der Waals surface area (Å²) in [4.78, 5) is 24.0. The summed E-state index contributed by atoms with van der Waals surface area (Å²) in [5, 5.41) is 2.76. The van der Waals surface area contributed by atoms with E-state index in [1.165, 1.54) is 7.11 Å². The maximum atomic E-state index is 12.4. The molecule has 0 aromatic heterocycles. The van der Waals surface area contributed by atoms with Crippen LogP contribution in [-0.4, -0.2) is 25.1 Å². The first-order valence-corrected chi connectivity index (χ1v) is 8.05. The Balaban J connectivity index is 2.10. The summed E-state index contributed by atoms with van der Waals surface area (Å²) in [5.41, 5.74) is 4.10. The normalized spacial score (nSPS) is 11.6. The van der Waals surface area contributed by atoms with Gasteiger partial charge in [0.2, 0.25) is 0 Å². The summed E-state index contributed by atoms with van der Waals surface area (Å²) >= 11 is 0. The third-order valence-corrected chi connectivity index (χ3v) is 3.99. The molecule has 0 spiro atoms. The van der Waals surface area contributed by atoms with Crippen LogP contribution < -0.4 is 10.1 Å². The maximum absolute atomic E-state index is 12.4. The van der Waals surface area contributed by atoms with E-state index in [-0.39, 0.29) is 5.91 Å². The number of hydrogen-bond acceptors (Lipinski definition) is 4. The van der Waals surface area contributed by atoms with Crippen molar-refractivity contribution in [1.29, 1.82) is 0 Å². The second kappa shape index (κ2) is 7.83. The summed E-state index contributed by atoms with van der Waals surface area (Å²) in [6.45, 7) is 7.66. The van der Waals surface area contributed by atoms with Crippen molar-refractivity contribution in [1.82, 2.24) is 0 Å². The standard InChI is InChI=1S/C20H23NO4/c1-12-9-13(2)14(3)18(10-12)25-15(4)19(22)21-17-8-6-7-16(11-17)20(23)24-5/h6-11,15H,1-5H3,(H,21,22)/t15-/m0/s1.